The Balaban J connectivity index is 1.72. The lowest BCUT2D eigenvalue weighted by Gasteiger charge is -2.07. The van der Waals surface area contributed by atoms with Crippen molar-refractivity contribution < 1.29 is 18.8 Å². The van der Waals surface area contributed by atoms with E-state index in [0.29, 0.717) is 25.6 Å². The van der Waals surface area contributed by atoms with Crippen molar-refractivity contribution in [3.63, 3.8) is 0 Å². The highest BCUT2D eigenvalue weighted by Crippen LogP contribution is 2.13. The third-order valence-electron chi connectivity index (χ3n) is 3.00. The molecule has 0 spiro atoms. The lowest BCUT2D eigenvalue weighted by atomic mass is 10.2. The van der Waals surface area contributed by atoms with Gasteiger partial charge >= 0.3 is 0 Å². The maximum Gasteiger partial charge on any atom is 0.290 e. The zero-order valence-corrected chi connectivity index (χ0v) is 13.5. The first-order valence-corrected chi connectivity index (χ1v) is 7.68. The van der Waals surface area contributed by atoms with Gasteiger partial charge in [-0.05, 0) is 31.0 Å². The zero-order valence-electron chi connectivity index (χ0n) is 13.5. The average molecular weight is 318 g/mol. The van der Waals surface area contributed by atoms with Gasteiger partial charge in [0.25, 0.3) is 11.8 Å². The molecule has 6 nitrogen and oxygen atoms in total. The third-order valence-corrected chi connectivity index (χ3v) is 3.00. The summed E-state index contributed by atoms with van der Waals surface area (Å²) < 4.78 is 15.9. The molecule has 0 saturated carbocycles. The summed E-state index contributed by atoms with van der Waals surface area (Å²) in [5.41, 5.74) is 1.02. The Bertz CT molecular complexity index is 596. The van der Waals surface area contributed by atoms with E-state index in [-0.39, 0.29) is 17.8 Å². The van der Waals surface area contributed by atoms with E-state index in [1.54, 1.807) is 0 Å². The van der Waals surface area contributed by atoms with Crippen LogP contribution in [0.3, 0.4) is 0 Å². The molecule has 124 valence electrons. The molecular formula is C17H22N2O4. The molecule has 0 bridgehead atoms. The molecule has 23 heavy (non-hydrogen) atoms. The third kappa shape index (κ3) is 6.12. The van der Waals surface area contributed by atoms with Crippen molar-refractivity contribution in [2.75, 3.05) is 13.2 Å². The maximum atomic E-state index is 11.9. The number of hydrogen-bond donors (Lipinski definition) is 1. The first kappa shape index (κ1) is 17.0. The lowest BCUT2D eigenvalue weighted by molar-refractivity contribution is 0.0752. The van der Waals surface area contributed by atoms with E-state index in [1.165, 1.54) is 6.07 Å². The van der Waals surface area contributed by atoms with Crippen molar-refractivity contribution in [2.24, 2.45) is 0 Å². The Morgan fingerprint density at radius 3 is 2.83 bits per heavy atom. The van der Waals surface area contributed by atoms with Gasteiger partial charge in [-0.1, -0.05) is 30.3 Å². The van der Waals surface area contributed by atoms with Gasteiger partial charge in [0.2, 0.25) is 5.76 Å². The van der Waals surface area contributed by atoms with Gasteiger partial charge in [0, 0.05) is 13.2 Å². The quantitative estimate of drug-likeness (QED) is 0.720. The first-order valence-electron chi connectivity index (χ1n) is 7.68. The van der Waals surface area contributed by atoms with Crippen LogP contribution in [0.1, 0.15) is 36.4 Å². The maximum absolute atomic E-state index is 11.9. The molecular weight excluding hydrogens is 296 g/mol. The Labute approximate surface area is 135 Å². The molecule has 1 heterocycles. The molecule has 2 rings (SSSR count). The van der Waals surface area contributed by atoms with E-state index >= 15 is 0 Å². The van der Waals surface area contributed by atoms with Gasteiger partial charge in [-0.25, -0.2) is 0 Å². The molecule has 6 heteroatoms. The van der Waals surface area contributed by atoms with E-state index < -0.39 is 0 Å². The summed E-state index contributed by atoms with van der Waals surface area (Å²) in [5.74, 6) is 0.122. The first-order chi connectivity index (χ1) is 11.1. The number of aromatic nitrogens is 1. The number of benzene rings is 1. The Morgan fingerprint density at radius 2 is 2.09 bits per heavy atom. The monoisotopic (exact) mass is 318 g/mol. The second-order valence-corrected chi connectivity index (χ2v) is 5.33. The number of amides is 1. The van der Waals surface area contributed by atoms with Crippen LogP contribution in [0.4, 0.5) is 0 Å². The summed E-state index contributed by atoms with van der Waals surface area (Å²) in [6, 6.07) is 11.2. The Kier molecular flexibility index (Phi) is 6.62. The molecule has 0 radical (unpaired) electrons. The molecule has 0 aliphatic heterocycles. The van der Waals surface area contributed by atoms with Crippen LogP contribution in [0.15, 0.2) is 40.9 Å². The van der Waals surface area contributed by atoms with Crippen LogP contribution in [0, 0.1) is 0 Å². The predicted molar refractivity (Wildman–Crippen MR) is 85.3 cm³/mol. The predicted octanol–water partition coefficient (Wildman–Crippen LogP) is 2.80. The molecule has 0 fully saturated rings. The molecule has 1 N–H and O–H groups in total. The standard InChI is InChI=1S/C17H22N2O4/c1-13(2)21-10-6-9-18-17(20)15-11-16(19-23-15)22-12-14-7-4-3-5-8-14/h3-5,7-8,11,13H,6,9-10,12H2,1-2H3,(H,18,20). The van der Waals surface area contributed by atoms with Crippen LogP contribution in [0.5, 0.6) is 5.88 Å². The number of carbonyl (C=O) groups excluding carboxylic acids is 1. The Morgan fingerprint density at radius 1 is 1.30 bits per heavy atom. The molecule has 1 aromatic heterocycles. The van der Waals surface area contributed by atoms with Gasteiger partial charge in [0.05, 0.1) is 12.2 Å². The van der Waals surface area contributed by atoms with Crippen LogP contribution in [0.25, 0.3) is 0 Å². The molecule has 0 saturated heterocycles. The summed E-state index contributed by atoms with van der Waals surface area (Å²) in [6.45, 7) is 5.46. The average Bonchev–Trinajstić information content (AvgIpc) is 3.02. The van der Waals surface area contributed by atoms with Crippen molar-refractivity contribution in [1.82, 2.24) is 10.5 Å². The second kappa shape index (κ2) is 8.95. The fourth-order valence-electron chi connectivity index (χ4n) is 1.85. The van der Waals surface area contributed by atoms with Gasteiger partial charge in [-0.3, -0.25) is 4.79 Å². The number of hydrogen-bond acceptors (Lipinski definition) is 5. The summed E-state index contributed by atoms with van der Waals surface area (Å²) in [6.07, 6.45) is 0.944. The fourth-order valence-corrected chi connectivity index (χ4v) is 1.85. The number of nitrogens with zero attached hydrogens (tertiary/aromatic N) is 1. The van der Waals surface area contributed by atoms with Gasteiger partial charge < -0.3 is 19.3 Å². The number of nitrogens with one attached hydrogen (secondary N) is 1. The largest absolute Gasteiger partial charge is 0.471 e. The van der Waals surface area contributed by atoms with Crippen molar-refractivity contribution in [2.45, 2.75) is 33.0 Å². The van der Waals surface area contributed by atoms with E-state index in [0.717, 1.165) is 12.0 Å². The fraction of sp³-hybridized carbons (Fsp3) is 0.412. The smallest absolute Gasteiger partial charge is 0.290 e. The molecule has 1 amide bonds. The normalized spacial score (nSPS) is 10.7. The van der Waals surface area contributed by atoms with E-state index in [1.807, 2.05) is 44.2 Å². The topological polar surface area (TPSA) is 73.6 Å². The summed E-state index contributed by atoms with van der Waals surface area (Å²) in [5, 5.41) is 6.49. The zero-order chi connectivity index (χ0) is 16.5. The summed E-state index contributed by atoms with van der Waals surface area (Å²) in [4.78, 5) is 11.9. The van der Waals surface area contributed by atoms with E-state index in [2.05, 4.69) is 10.5 Å². The SMILES string of the molecule is CC(C)OCCCNC(=O)c1cc(OCc2ccccc2)no1. The molecule has 1 aromatic carbocycles. The second-order valence-electron chi connectivity index (χ2n) is 5.33. The molecule has 0 aliphatic carbocycles. The molecule has 2 aromatic rings. The highest BCUT2D eigenvalue weighted by atomic mass is 16.5. The van der Waals surface area contributed by atoms with Crippen molar-refractivity contribution in [3.8, 4) is 5.88 Å². The van der Waals surface area contributed by atoms with E-state index in [4.69, 9.17) is 14.0 Å². The molecule has 0 unspecified atom stereocenters. The highest BCUT2D eigenvalue weighted by molar-refractivity contribution is 5.91. The Hall–Kier alpha value is -2.34. The number of carbonyl (C=O) groups is 1. The van der Waals surface area contributed by atoms with Crippen LogP contribution in [-0.2, 0) is 11.3 Å². The summed E-state index contributed by atoms with van der Waals surface area (Å²) in [7, 11) is 0. The minimum Gasteiger partial charge on any atom is -0.471 e. The van der Waals surface area contributed by atoms with Crippen LogP contribution in [-0.4, -0.2) is 30.3 Å². The molecule has 0 aliphatic rings. The lowest BCUT2D eigenvalue weighted by Crippen LogP contribution is -2.25. The van der Waals surface area contributed by atoms with Crippen molar-refractivity contribution in [1.29, 1.82) is 0 Å². The van der Waals surface area contributed by atoms with Gasteiger partial charge in [-0.2, -0.15) is 0 Å². The van der Waals surface area contributed by atoms with Crippen LogP contribution in [0.2, 0.25) is 0 Å². The molecule has 0 atom stereocenters. The number of rotatable bonds is 9. The summed E-state index contributed by atoms with van der Waals surface area (Å²) >= 11 is 0. The minimum absolute atomic E-state index is 0.137. The van der Waals surface area contributed by atoms with Crippen LogP contribution >= 0.6 is 0 Å². The van der Waals surface area contributed by atoms with Gasteiger partial charge in [0.15, 0.2) is 0 Å². The minimum atomic E-state index is -0.309. The van der Waals surface area contributed by atoms with Crippen LogP contribution < -0.4 is 10.1 Å². The van der Waals surface area contributed by atoms with Crippen molar-refractivity contribution in [3.05, 3.63) is 47.7 Å². The van der Waals surface area contributed by atoms with Gasteiger partial charge in [-0.15, -0.1) is 0 Å². The highest BCUT2D eigenvalue weighted by Gasteiger charge is 2.13. The van der Waals surface area contributed by atoms with Crippen molar-refractivity contribution >= 4 is 5.91 Å². The number of ether oxygens (including phenoxy) is 2. The van der Waals surface area contributed by atoms with Gasteiger partial charge in [0.1, 0.15) is 6.61 Å². The van der Waals surface area contributed by atoms with E-state index in [9.17, 15) is 4.79 Å².